The first-order chi connectivity index (χ1) is 7.24. The molecule has 0 spiro atoms. The van der Waals surface area contributed by atoms with Crippen LogP contribution in [0.25, 0.3) is 0 Å². The number of hydrogen-bond acceptors (Lipinski definition) is 3. The van der Waals surface area contributed by atoms with Gasteiger partial charge in [0.1, 0.15) is 0 Å². The second-order valence-corrected chi connectivity index (χ2v) is 4.93. The predicted octanol–water partition coefficient (Wildman–Crippen LogP) is 1.82. The number of nitrogens with one attached hydrogen (secondary N) is 1. The van der Waals surface area contributed by atoms with Gasteiger partial charge in [-0.1, -0.05) is 18.1 Å². The molecule has 1 aromatic rings. The molecule has 1 heterocycles. The van der Waals surface area contributed by atoms with Crippen LogP contribution in [0, 0.1) is 0 Å². The number of likely N-dealkylation sites (N-methyl/N-ethyl adjacent to an activating group) is 1. The van der Waals surface area contributed by atoms with Gasteiger partial charge in [-0.25, -0.2) is 0 Å². The summed E-state index contributed by atoms with van der Waals surface area (Å²) in [4.78, 5) is 0. The van der Waals surface area contributed by atoms with Crippen LogP contribution in [0.2, 0.25) is 0 Å². The minimum atomic E-state index is 0.540. The van der Waals surface area contributed by atoms with E-state index in [1.807, 2.05) is 18.8 Å². The zero-order chi connectivity index (χ0) is 10.8. The topological polar surface area (TPSA) is 42.7 Å². The molecule has 1 fully saturated rings. The molecule has 2 rings (SSSR count). The Bertz CT molecular complexity index is 317. The lowest BCUT2D eigenvalue weighted by Gasteiger charge is -2.31. The Labute approximate surface area is 98.6 Å². The van der Waals surface area contributed by atoms with E-state index in [1.165, 1.54) is 31.4 Å². The van der Waals surface area contributed by atoms with Gasteiger partial charge in [-0.2, -0.15) is 0 Å². The van der Waals surface area contributed by atoms with Crippen molar-refractivity contribution in [2.75, 3.05) is 7.05 Å². The molecule has 1 aliphatic carbocycles. The molecule has 0 amide bonds. The van der Waals surface area contributed by atoms with Crippen LogP contribution >= 0.6 is 15.9 Å². The molecule has 1 aromatic heterocycles. The second kappa shape index (κ2) is 4.61. The molecule has 0 saturated heterocycles. The Balaban J connectivity index is 2.27. The lowest BCUT2D eigenvalue weighted by Crippen LogP contribution is -2.35. The maximum Gasteiger partial charge on any atom is 0.151 e. The van der Waals surface area contributed by atoms with Gasteiger partial charge in [0.05, 0.1) is 5.69 Å². The van der Waals surface area contributed by atoms with Crippen LogP contribution in [-0.4, -0.2) is 28.1 Å². The quantitative estimate of drug-likeness (QED) is 0.893. The van der Waals surface area contributed by atoms with Gasteiger partial charge in [0.25, 0.3) is 0 Å². The summed E-state index contributed by atoms with van der Waals surface area (Å²) < 4.78 is 2.79. The highest BCUT2D eigenvalue weighted by molar-refractivity contribution is 9.10. The van der Waals surface area contributed by atoms with Crippen molar-refractivity contribution in [3.63, 3.8) is 0 Å². The standard InChI is InChI=1S/C10H17BrN4/c1-12-8-6-4-3-5-7(8)9-10(11)13-14-15(9)2/h7-8,12H,3-6H2,1-2H3. The summed E-state index contributed by atoms with van der Waals surface area (Å²) in [6, 6.07) is 0.562. The van der Waals surface area contributed by atoms with Crippen molar-refractivity contribution in [1.82, 2.24) is 20.3 Å². The summed E-state index contributed by atoms with van der Waals surface area (Å²) in [6.45, 7) is 0. The second-order valence-electron chi connectivity index (χ2n) is 4.18. The first-order valence-electron chi connectivity index (χ1n) is 5.46. The smallest absolute Gasteiger partial charge is 0.151 e. The molecule has 1 saturated carbocycles. The van der Waals surface area contributed by atoms with Crippen LogP contribution in [0.5, 0.6) is 0 Å². The molecule has 1 N–H and O–H groups in total. The number of nitrogens with zero attached hydrogens (tertiary/aromatic N) is 3. The summed E-state index contributed by atoms with van der Waals surface area (Å²) in [6.07, 6.45) is 5.11. The maximum atomic E-state index is 4.06. The number of halogens is 1. The molecule has 2 atom stereocenters. The van der Waals surface area contributed by atoms with Crippen molar-refractivity contribution in [2.24, 2.45) is 7.05 Å². The summed E-state index contributed by atoms with van der Waals surface area (Å²) in [5.41, 5.74) is 1.23. The van der Waals surface area contributed by atoms with E-state index >= 15 is 0 Å². The summed E-state index contributed by atoms with van der Waals surface area (Å²) in [5, 5.41) is 11.5. The number of rotatable bonds is 2. The van der Waals surface area contributed by atoms with Gasteiger partial charge >= 0.3 is 0 Å². The van der Waals surface area contributed by atoms with Crippen LogP contribution < -0.4 is 5.32 Å². The monoisotopic (exact) mass is 272 g/mol. The van der Waals surface area contributed by atoms with E-state index in [-0.39, 0.29) is 0 Å². The fourth-order valence-corrected chi connectivity index (χ4v) is 3.16. The molecular weight excluding hydrogens is 256 g/mol. The van der Waals surface area contributed by atoms with Gasteiger partial charge < -0.3 is 5.32 Å². The van der Waals surface area contributed by atoms with E-state index in [0.29, 0.717) is 12.0 Å². The number of aryl methyl sites for hydroxylation is 1. The van der Waals surface area contributed by atoms with Gasteiger partial charge in [-0.15, -0.1) is 5.10 Å². The summed E-state index contributed by atoms with van der Waals surface area (Å²) >= 11 is 3.49. The third-order valence-electron chi connectivity index (χ3n) is 3.31. The molecule has 1 aliphatic rings. The normalized spacial score (nSPS) is 26.9. The van der Waals surface area contributed by atoms with Gasteiger partial charge in [0.2, 0.25) is 0 Å². The third-order valence-corrected chi connectivity index (χ3v) is 3.88. The summed E-state index contributed by atoms with van der Waals surface area (Å²) in [5.74, 6) is 0.540. The molecule has 0 aliphatic heterocycles. The molecule has 5 heteroatoms. The SMILES string of the molecule is CNC1CCCCC1c1c(Br)nnn1C. The maximum absolute atomic E-state index is 4.06. The molecule has 2 unspecified atom stereocenters. The van der Waals surface area contributed by atoms with Crippen molar-refractivity contribution in [3.8, 4) is 0 Å². The molecule has 0 bridgehead atoms. The van der Waals surface area contributed by atoms with E-state index in [9.17, 15) is 0 Å². The van der Waals surface area contributed by atoms with Crippen molar-refractivity contribution in [1.29, 1.82) is 0 Å². The van der Waals surface area contributed by atoms with Crippen LogP contribution in [-0.2, 0) is 7.05 Å². The zero-order valence-electron chi connectivity index (χ0n) is 9.20. The Morgan fingerprint density at radius 1 is 1.40 bits per heavy atom. The minimum Gasteiger partial charge on any atom is -0.316 e. The van der Waals surface area contributed by atoms with Crippen molar-refractivity contribution >= 4 is 15.9 Å². The molecule has 84 valence electrons. The van der Waals surface area contributed by atoms with Crippen LogP contribution in [0.1, 0.15) is 37.3 Å². The summed E-state index contributed by atoms with van der Waals surface area (Å²) in [7, 11) is 4.01. The predicted molar refractivity (Wildman–Crippen MR) is 62.8 cm³/mol. The van der Waals surface area contributed by atoms with E-state index in [2.05, 4.69) is 31.6 Å². The van der Waals surface area contributed by atoms with E-state index in [0.717, 1.165) is 4.60 Å². The van der Waals surface area contributed by atoms with Gasteiger partial charge in [-0.3, -0.25) is 4.68 Å². The van der Waals surface area contributed by atoms with Crippen LogP contribution in [0.4, 0.5) is 0 Å². The van der Waals surface area contributed by atoms with Gasteiger partial charge in [-0.05, 0) is 35.8 Å². The highest BCUT2D eigenvalue weighted by Crippen LogP contribution is 2.35. The third kappa shape index (κ3) is 2.08. The van der Waals surface area contributed by atoms with Crippen LogP contribution in [0.3, 0.4) is 0 Å². The lowest BCUT2D eigenvalue weighted by atomic mass is 9.82. The molecule has 0 radical (unpaired) electrons. The molecule has 15 heavy (non-hydrogen) atoms. The van der Waals surface area contributed by atoms with E-state index in [1.54, 1.807) is 0 Å². The average molecular weight is 273 g/mol. The minimum absolute atomic E-state index is 0.540. The Morgan fingerprint density at radius 3 is 2.73 bits per heavy atom. The fraction of sp³-hybridized carbons (Fsp3) is 0.800. The Hall–Kier alpha value is -0.420. The first-order valence-corrected chi connectivity index (χ1v) is 6.25. The van der Waals surface area contributed by atoms with Gasteiger partial charge in [0, 0.05) is 19.0 Å². The highest BCUT2D eigenvalue weighted by atomic mass is 79.9. The number of aromatic nitrogens is 3. The molecular formula is C10H17BrN4. The highest BCUT2D eigenvalue weighted by Gasteiger charge is 2.29. The number of hydrogen-bond donors (Lipinski definition) is 1. The molecule has 4 nitrogen and oxygen atoms in total. The fourth-order valence-electron chi connectivity index (χ4n) is 2.54. The average Bonchev–Trinajstić information content (AvgIpc) is 2.59. The van der Waals surface area contributed by atoms with Gasteiger partial charge in [0.15, 0.2) is 4.60 Å². The first kappa shape index (κ1) is 11.1. The molecule has 0 aromatic carbocycles. The Morgan fingerprint density at radius 2 is 2.13 bits per heavy atom. The van der Waals surface area contributed by atoms with Crippen molar-refractivity contribution in [2.45, 2.75) is 37.6 Å². The van der Waals surface area contributed by atoms with E-state index in [4.69, 9.17) is 0 Å². The van der Waals surface area contributed by atoms with Crippen molar-refractivity contribution < 1.29 is 0 Å². The van der Waals surface area contributed by atoms with Crippen molar-refractivity contribution in [3.05, 3.63) is 10.3 Å². The largest absolute Gasteiger partial charge is 0.316 e. The van der Waals surface area contributed by atoms with E-state index < -0.39 is 0 Å². The Kier molecular flexibility index (Phi) is 3.41. The lowest BCUT2D eigenvalue weighted by molar-refractivity contribution is 0.331. The van der Waals surface area contributed by atoms with Crippen LogP contribution in [0.15, 0.2) is 4.60 Å². The zero-order valence-corrected chi connectivity index (χ0v) is 10.8.